The van der Waals surface area contributed by atoms with Crippen LogP contribution in [0.1, 0.15) is 66.9 Å². The molecule has 330 valence electrons. The van der Waals surface area contributed by atoms with E-state index in [1.165, 1.54) is 21.6 Å². The molecule has 0 radical (unpaired) electrons. The molecular weight excluding hydrogens is 815 g/mol. The topological polar surface area (TPSA) is 170 Å². The van der Waals surface area contributed by atoms with Gasteiger partial charge in [-0.1, -0.05) is 22.6 Å². The third-order valence-corrected chi connectivity index (χ3v) is 13.6. The zero-order valence-corrected chi connectivity index (χ0v) is 35.1. The number of halogens is 2. The molecule has 5 fully saturated rings. The Bertz CT molecular complexity index is 2650. The standard InChI is InChI=1S/C44H50F2N12O5/c1-52-39-29(4-2-6-34(39)58(44(52)62)35-11-12-37(59)50-43(35)61)5-3-14-53-16-18-54(19-17-53)22-27-7-9-28(10-8-27)23-55-24-33(38(51-55)40(45)46)48-42(60)32-21-47-56-15-13-36(49-41(32)56)57-30-20-31(57)26-63-25-30/h2,4,6,13,15,21,23-24,27-28,30-31,35,40,43,61H,7-12,14,16-20,22,25-26H2,1H3,(H-,48,50,59,60)/p+1/b55-23-. The van der Waals surface area contributed by atoms with Gasteiger partial charge in [0, 0.05) is 63.4 Å². The number of anilines is 1. The van der Waals surface area contributed by atoms with Crippen molar-refractivity contribution in [2.45, 2.75) is 75.7 Å². The molecule has 4 aromatic rings. The van der Waals surface area contributed by atoms with Crippen molar-refractivity contribution in [3.8, 4) is 11.8 Å². The van der Waals surface area contributed by atoms with E-state index >= 15 is 0 Å². The van der Waals surface area contributed by atoms with Gasteiger partial charge in [0.25, 0.3) is 12.3 Å². The lowest BCUT2D eigenvalue weighted by Gasteiger charge is -2.53. The van der Waals surface area contributed by atoms with Gasteiger partial charge in [-0.2, -0.15) is 5.10 Å². The first-order valence-corrected chi connectivity index (χ1v) is 21.9. The lowest BCUT2D eigenvalue weighted by Crippen LogP contribution is -2.64. The number of amides is 2. The van der Waals surface area contributed by atoms with Gasteiger partial charge in [-0.3, -0.25) is 23.6 Å². The van der Waals surface area contributed by atoms with Gasteiger partial charge in [-0.15, -0.1) is 0 Å². The molecule has 1 aliphatic carbocycles. The number of alkyl halides is 2. The number of morpholine rings is 1. The number of hydrazone groups is 1. The molecule has 63 heavy (non-hydrogen) atoms. The molecule has 5 aliphatic heterocycles. The molecule has 17 nitrogen and oxygen atoms in total. The lowest BCUT2D eigenvalue weighted by atomic mass is 9.82. The minimum atomic E-state index is -2.87. The number of para-hydroxylation sites is 1. The molecule has 1 saturated carbocycles. The van der Waals surface area contributed by atoms with Crippen molar-refractivity contribution in [3.63, 3.8) is 0 Å². The number of nitrogens with one attached hydrogen (secondary N) is 2. The molecule has 3 aromatic heterocycles. The molecular formula is C44H51F2N12O5+. The number of hydrogen-bond acceptors (Lipinski definition) is 11. The van der Waals surface area contributed by atoms with Crippen LogP contribution in [-0.2, 0) is 16.6 Å². The van der Waals surface area contributed by atoms with Crippen molar-refractivity contribution in [1.82, 2.24) is 44.2 Å². The Balaban J connectivity index is 0.708. The first-order valence-electron chi connectivity index (χ1n) is 21.9. The summed E-state index contributed by atoms with van der Waals surface area (Å²) in [5, 5.41) is 24.2. The highest BCUT2D eigenvalue weighted by atomic mass is 19.3. The largest absolute Gasteiger partial charge is 0.377 e. The van der Waals surface area contributed by atoms with E-state index in [4.69, 9.17) is 9.72 Å². The Morgan fingerprint density at radius 1 is 1.08 bits per heavy atom. The Kier molecular flexibility index (Phi) is 11.2. The number of fused-ring (bicyclic) bond motifs is 4. The van der Waals surface area contributed by atoms with Crippen LogP contribution < -0.4 is 21.2 Å². The third kappa shape index (κ3) is 8.05. The Hall–Kier alpha value is -5.81. The number of piperazine rings is 1. The van der Waals surface area contributed by atoms with Crippen molar-refractivity contribution >= 4 is 46.2 Å². The summed E-state index contributed by atoms with van der Waals surface area (Å²) in [5.41, 5.74) is 1.89. The maximum atomic E-state index is 14.2. The molecule has 2 amide bonds. The van der Waals surface area contributed by atoms with Gasteiger partial charge in [-0.25, -0.2) is 23.1 Å². The number of hydrogen-bond donors (Lipinski definition) is 3. The zero-order chi connectivity index (χ0) is 43.4. The number of imidazole rings is 1. The summed E-state index contributed by atoms with van der Waals surface area (Å²) in [7, 11) is 1.71. The zero-order valence-electron chi connectivity index (χ0n) is 35.1. The van der Waals surface area contributed by atoms with E-state index in [1.54, 1.807) is 22.4 Å². The number of nitrogens with zero attached hydrogens (tertiary/aromatic N) is 10. The Labute approximate surface area is 361 Å². The van der Waals surface area contributed by atoms with Crippen molar-refractivity contribution in [1.29, 1.82) is 0 Å². The summed E-state index contributed by atoms with van der Waals surface area (Å²) in [6.07, 6.45) is 8.07. The SMILES string of the molecule is Cn1c(=O)n(C2CCC(=O)NC2O)c2cccc(C#CCN3CCN(CC4CCC(/C=[N+]5/C=C(NC(=O)c6cnn7ccc(N8C9COCC8C9)nc67)C(C(F)F)=N5)CC4)CC3)c21. The van der Waals surface area contributed by atoms with E-state index in [0.29, 0.717) is 48.8 Å². The predicted octanol–water partition coefficient (Wildman–Crippen LogP) is 1.89. The van der Waals surface area contributed by atoms with Gasteiger partial charge < -0.3 is 30.3 Å². The number of aliphatic hydroxyl groups is 1. The Morgan fingerprint density at radius 3 is 2.60 bits per heavy atom. The molecule has 2 bridgehead atoms. The lowest BCUT2D eigenvalue weighted by molar-refractivity contribution is -0.456. The highest BCUT2D eigenvalue weighted by molar-refractivity contribution is 6.09. The molecule has 4 atom stereocenters. The van der Waals surface area contributed by atoms with Gasteiger partial charge in [0.2, 0.25) is 17.8 Å². The number of carbonyl (C=O) groups is 2. The minimum Gasteiger partial charge on any atom is -0.377 e. The summed E-state index contributed by atoms with van der Waals surface area (Å²) >= 11 is 0. The molecule has 10 rings (SSSR count). The van der Waals surface area contributed by atoms with Crippen molar-refractivity contribution < 1.29 is 32.9 Å². The minimum absolute atomic E-state index is 0.0381. The van der Waals surface area contributed by atoms with Crippen molar-refractivity contribution in [2.75, 3.05) is 57.4 Å². The fraction of sp³-hybridized carbons (Fsp3) is 0.523. The van der Waals surface area contributed by atoms with E-state index in [9.17, 15) is 28.3 Å². The van der Waals surface area contributed by atoms with E-state index in [0.717, 1.165) is 76.2 Å². The van der Waals surface area contributed by atoms with Gasteiger partial charge in [-0.05, 0) is 62.6 Å². The van der Waals surface area contributed by atoms with Gasteiger partial charge in [0.05, 0.1) is 60.7 Å². The monoisotopic (exact) mass is 865 g/mol. The maximum absolute atomic E-state index is 14.2. The smallest absolute Gasteiger partial charge is 0.329 e. The fourth-order valence-corrected chi connectivity index (χ4v) is 10.2. The van der Waals surface area contributed by atoms with Crippen molar-refractivity contribution in [2.24, 2.45) is 24.0 Å². The second kappa shape index (κ2) is 17.1. The van der Waals surface area contributed by atoms with Crippen LogP contribution in [0.4, 0.5) is 14.6 Å². The van der Waals surface area contributed by atoms with Gasteiger partial charge in [0.15, 0.2) is 11.9 Å². The quantitative estimate of drug-likeness (QED) is 0.167. The van der Waals surface area contributed by atoms with Gasteiger partial charge >= 0.3 is 5.69 Å². The number of piperidine rings is 1. The van der Waals surface area contributed by atoms with Crippen LogP contribution in [0.2, 0.25) is 0 Å². The summed E-state index contributed by atoms with van der Waals surface area (Å²) in [5.74, 6) is 7.27. The van der Waals surface area contributed by atoms with E-state index in [1.807, 2.05) is 30.5 Å². The number of ether oxygens (including phenoxy) is 1. The Morgan fingerprint density at radius 2 is 1.86 bits per heavy atom. The first kappa shape index (κ1) is 41.2. The van der Waals surface area contributed by atoms with E-state index in [2.05, 4.69) is 47.4 Å². The second-order valence-electron chi connectivity index (χ2n) is 17.6. The van der Waals surface area contributed by atoms with Crippen LogP contribution in [0.15, 0.2) is 58.5 Å². The number of aliphatic hydroxyl groups excluding tert-OH is 1. The number of carbonyl (C=O) groups excluding carboxylic acids is 2. The number of benzene rings is 1. The number of rotatable bonds is 9. The molecule has 8 heterocycles. The molecule has 4 saturated heterocycles. The summed E-state index contributed by atoms with van der Waals surface area (Å²) in [4.78, 5) is 50.4. The maximum Gasteiger partial charge on any atom is 0.329 e. The van der Waals surface area contributed by atoms with Crippen LogP contribution in [0.5, 0.6) is 0 Å². The van der Waals surface area contributed by atoms with Crippen LogP contribution in [-0.4, -0.2) is 144 Å². The van der Waals surface area contributed by atoms with Crippen molar-refractivity contribution in [3.05, 3.63) is 70.2 Å². The highest BCUT2D eigenvalue weighted by Gasteiger charge is 2.43. The summed E-state index contributed by atoms with van der Waals surface area (Å²) < 4.78 is 40.1. The molecule has 4 unspecified atom stereocenters. The van der Waals surface area contributed by atoms with Crippen LogP contribution in [0.3, 0.4) is 0 Å². The molecule has 19 heteroatoms. The average Bonchev–Trinajstić information content (AvgIpc) is 3.96. The van der Waals surface area contributed by atoms with E-state index < -0.39 is 30.3 Å². The number of allylic oxidation sites excluding steroid dienone is 1. The average molecular weight is 866 g/mol. The number of aryl methyl sites for hydroxylation is 1. The summed E-state index contributed by atoms with van der Waals surface area (Å²) in [6, 6.07) is 7.44. The normalized spacial score (nSPS) is 27.3. The second-order valence-corrected chi connectivity index (χ2v) is 17.6. The molecule has 6 aliphatic rings. The van der Waals surface area contributed by atoms with Gasteiger partial charge in [0.1, 0.15) is 23.3 Å². The third-order valence-electron chi connectivity index (χ3n) is 13.6. The fourth-order valence-electron chi connectivity index (χ4n) is 10.2. The number of aromatic nitrogens is 5. The van der Waals surface area contributed by atoms with Crippen LogP contribution >= 0.6 is 0 Å². The highest BCUT2D eigenvalue weighted by Crippen LogP contribution is 2.35. The van der Waals surface area contributed by atoms with E-state index in [-0.39, 0.29) is 47.3 Å². The molecule has 3 N–H and O–H groups in total. The molecule has 1 aromatic carbocycles. The van der Waals surface area contributed by atoms with Crippen LogP contribution in [0.25, 0.3) is 16.7 Å². The molecule has 0 spiro atoms. The first-order chi connectivity index (χ1) is 30.6. The van der Waals surface area contributed by atoms with Crippen LogP contribution in [0, 0.1) is 23.7 Å². The summed E-state index contributed by atoms with van der Waals surface area (Å²) in [6.45, 7) is 6.58. The predicted molar refractivity (Wildman–Crippen MR) is 229 cm³/mol.